The molecule has 0 saturated heterocycles. The summed E-state index contributed by atoms with van der Waals surface area (Å²) in [7, 11) is 0. The highest BCUT2D eigenvalue weighted by Gasteiger charge is 1.93. The summed E-state index contributed by atoms with van der Waals surface area (Å²) in [6.07, 6.45) is 0.934. The Hall–Kier alpha value is -2.50. The maximum absolute atomic E-state index is 10.2. The molecule has 6 nitrogen and oxygen atoms in total. The van der Waals surface area contributed by atoms with Crippen LogP contribution in [-0.2, 0) is 11.3 Å². The van der Waals surface area contributed by atoms with E-state index in [4.69, 9.17) is 11.5 Å². The van der Waals surface area contributed by atoms with Crippen molar-refractivity contribution in [2.75, 3.05) is 5.73 Å². The van der Waals surface area contributed by atoms with Crippen molar-refractivity contribution in [2.45, 2.75) is 6.61 Å². The number of hydrogen-bond acceptors (Lipinski definition) is 4. The standard InChI is InChI=1S/C8H9NO2.C3H5N3/c9-8(10)11-6-7-4-2-1-3-5-7;4-3-1-2-5-6-3/h1-5H,6H2,(H2,9,10);1-2H,(H3,4,5,6). The third kappa shape index (κ3) is 5.83. The summed E-state index contributed by atoms with van der Waals surface area (Å²) >= 11 is 0. The van der Waals surface area contributed by atoms with Crippen LogP contribution in [0.5, 0.6) is 0 Å². The van der Waals surface area contributed by atoms with Gasteiger partial charge in [0.15, 0.2) is 0 Å². The first-order chi connectivity index (χ1) is 8.18. The Bertz CT molecular complexity index is 428. The fourth-order valence-corrected chi connectivity index (χ4v) is 1.00. The van der Waals surface area contributed by atoms with Gasteiger partial charge in [0.05, 0.1) is 0 Å². The van der Waals surface area contributed by atoms with E-state index in [0.717, 1.165) is 5.56 Å². The van der Waals surface area contributed by atoms with Crippen LogP contribution in [0.15, 0.2) is 42.6 Å². The summed E-state index contributed by atoms with van der Waals surface area (Å²) in [5.41, 5.74) is 10.9. The normalized spacial score (nSPS) is 8.94. The number of aromatic nitrogens is 2. The molecular formula is C11H14N4O2. The van der Waals surface area contributed by atoms with Gasteiger partial charge in [-0.1, -0.05) is 30.3 Å². The Morgan fingerprint density at radius 2 is 2.00 bits per heavy atom. The van der Waals surface area contributed by atoms with E-state index in [0.29, 0.717) is 5.82 Å². The first-order valence-corrected chi connectivity index (χ1v) is 4.90. The second-order valence-corrected chi connectivity index (χ2v) is 3.09. The molecule has 0 atom stereocenters. The lowest BCUT2D eigenvalue weighted by atomic mass is 10.2. The van der Waals surface area contributed by atoms with Crippen LogP contribution in [0.1, 0.15) is 5.56 Å². The number of anilines is 1. The smallest absolute Gasteiger partial charge is 0.404 e. The number of nitrogens with zero attached hydrogens (tertiary/aromatic N) is 1. The van der Waals surface area contributed by atoms with Gasteiger partial charge in [-0.15, -0.1) is 0 Å². The van der Waals surface area contributed by atoms with E-state index in [1.54, 1.807) is 12.3 Å². The molecule has 0 unspecified atom stereocenters. The largest absolute Gasteiger partial charge is 0.445 e. The van der Waals surface area contributed by atoms with Crippen molar-refractivity contribution in [2.24, 2.45) is 5.73 Å². The SMILES string of the molecule is NC(=O)OCc1ccccc1.Nc1cc[nH]n1. The number of nitrogens with two attached hydrogens (primary N) is 2. The fourth-order valence-electron chi connectivity index (χ4n) is 1.00. The molecule has 1 amide bonds. The molecule has 0 bridgehead atoms. The van der Waals surface area contributed by atoms with Gasteiger partial charge in [-0.2, -0.15) is 5.10 Å². The lowest BCUT2D eigenvalue weighted by Crippen LogP contribution is -2.12. The molecule has 0 aliphatic carbocycles. The van der Waals surface area contributed by atoms with Crippen LogP contribution in [0.4, 0.5) is 10.6 Å². The van der Waals surface area contributed by atoms with Crippen molar-refractivity contribution < 1.29 is 9.53 Å². The molecule has 0 radical (unpaired) electrons. The quantitative estimate of drug-likeness (QED) is 0.727. The predicted octanol–water partition coefficient (Wildman–Crippen LogP) is 1.27. The van der Waals surface area contributed by atoms with Crippen LogP contribution >= 0.6 is 0 Å². The number of hydrogen-bond donors (Lipinski definition) is 3. The summed E-state index contributed by atoms with van der Waals surface area (Å²) in [6.45, 7) is 0.246. The number of benzene rings is 1. The van der Waals surface area contributed by atoms with Crippen molar-refractivity contribution in [1.82, 2.24) is 10.2 Å². The van der Waals surface area contributed by atoms with Crippen LogP contribution in [-0.4, -0.2) is 16.3 Å². The Balaban J connectivity index is 0.000000202. The van der Waals surface area contributed by atoms with E-state index in [1.165, 1.54) is 0 Å². The average Bonchev–Trinajstić information content (AvgIpc) is 2.80. The summed E-state index contributed by atoms with van der Waals surface area (Å²) < 4.78 is 4.57. The Morgan fingerprint density at radius 1 is 1.29 bits per heavy atom. The van der Waals surface area contributed by atoms with Gasteiger partial charge in [-0.25, -0.2) is 4.79 Å². The zero-order chi connectivity index (χ0) is 12.5. The average molecular weight is 234 g/mol. The number of carbonyl (C=O) groups is 1. The molecule has 0 saturated carbocycles. The van der Waals surface area contributed by atoms with E-state index in [2.05, 4.69) is 14.9 Å². The summed E-state index contributed by atoms with van der Waals surface area (Å²) in [5, 5.41) is 6.12. The van der Waals surface area contributed by atoms with Gasteiger partial charge in [-0.05, 0) is 11.6 Å². The van der Waals surface area contributed by atoms with Gasteiger partial charge in [0, 0.05) is 6.20 Å². The van der Waals surface area contributed by atoms with Gasteiger partial charge < -0.3 is 16.2 Å². The number of carbonyl (C=O) groups excluding carboxylic acids is 1. The van der Waals surface area contributed by atoms with E-state index >= 15 is 0 Å². The number of amides is 1. The molecule has 90 valence electrons. The Labute approximate surface area is 98.6 Å². The molecular weight excluding hydrogens is 220 g/mol. The van der Waals surface area contributed by atoms with Crippen LogP contribution in [0, 0.1) is 0 Å². The van der Waals surface area contributed by atoms with Gasteiger partial charge in [-0.3, -0.25) is 5.10 Å². The third-order valence-corrected chi connectivity index (χ3v) is 1.75. The number of nitrogen functional groups attached to an aromatic ring is 1. The molecule has 1 heterocycles. The first-order valence-electron chi connectivity index (χ1n) is 4.90. The summed E-state index contributed by atoms with van der Waals surface area (Å²) in [5.74, 6) is 0.537. The van der Waals surface area contributed by atoms with Crippen LogP contribution < -0.4 is 11.5 Å². The van der Waals surface area contributed by atoms with Crippen LogP contribution in [0.3, 0.4) is 0 Å². The van der Waals surface area contributed by atoms with Gasteiger partial charge >= 0.3 is 6.09 Å². The highest BCUT2D eigenvalue weighted by atomic mass is 16.5. The topological polar surface area (TPSA) is 107 Å². The second kappa shape index (κ2) is 6.89. The molecule has 0 spiro atoms. The number of ether oxygens (including phenoxy) is 1. The van der Waals surface area contributed by atoms with Crippen molar-refractivity contribution in [1.29, 1.82) is 0 Å². The van der Waals surface area contributed by atoms with Crippen LogP contribution in [0.2, 0.25) is 0 Å². The highest BCUT2D eigenvalue weighted by molar-refractivity contribution is 5.64. The molecule has 5 N–H and O–H groups in total. The van der Waals surface area contributed by atoms with Crippen molar-refractivity contribution in [3.05, 3.63) is 48.2 Å². The number of primary amides is 1. The number of nitrogens with one attached hydrogen (secondary N) is 1. The van der Waals surface area contributed by atoms with E-state index in [9.17, 15) is 4.79 Å². The molecule has 0 aliphatic heterocycles. The maximum Gasteiger partial charge on any atom is 0.404 e. The van der Waals surface area contributed by atoms with Crippen molar-refractivity contribution >= 4 is 11.9 Å². The van der Waals surface area contributed by atoms with Gasteiger partial charge in [0.25, 0.3) is 0 Å². The minimum Gasteiger partial charge on any atom is -0.445 e. The molecule has 0 fully saturated rings. The molecule has 17 heavy (non-hydrogen) atoms. The minimum atomic E-state index is -0.742. The minimum absolute atomic E-state index is 0.246. The summed E-state index contributed by atoms with van der Waals surface area (Å²) in [6, 6.07) is 11.1. The van der Waals surface area contributed by atoms with E-state index in [-0.39, 0.29) is 6.61 Å². The number of rotatable bonds is 2. The monoisotopic (exact) mass is 234 g/mol. The maximum atomic E-state index is 10.2. The Kier molecular flexibility index (Phi) is 5.09. The fraction of sp³-hybridized carbons (Fsp3) is 0.0909. The van der Waals surface area contributed by atoms with Gasteiger partial charge in [0.2, 0.25) is 0 Å². The zero-order valence-corrected chi connectivity index (χ0v) is 9.17. The summed E-state index contributed by atoms with van der Waals surface area (Å²) in [4.78, 5) is 10.2. The third-order valence-electron chi connectivity index (χ3n) is 1.75. The molecule has 6 heteroatoms. The predicted molar refractivity (Wildman–Crippen MR) is 63.8 cm³/mol. The molecule has 0 aliphatic rings. The zero-order valence-electron chi connectivity index (χ0n) is 9.17. The second-order valence-electron chi connectivity index (χ2n) is 3.09. The molecule has 1 aromatic carbocycles. The lowest BCUT2D eigenvalue weighted by molar-refractivity contribution is 0.150. The Morgan fingerprint density at radius 3 is 2.41 bits per heavy atom. The van der Waals surface area contributed by atoms with Crippen molar-refractivity contribution in [3.63, 3.8) is 0 Å². The number of H-pyrrole nitrogens is 1. The molecule has 2 aromatic rings. The van der Waals surface area contributed by atoms with E-state index < -0.39 is 6.09 Å². The van der Waals surface area contributed by atoms with Crippen LogP contribution in [0.25, 0.3) is 0 Å². The van der Waals surface area contributed by atoms with Crippen molar-refractivity contribution in [3.8, 4) is 0 Å². The highest BCUT2D eigenvalue weighted by Crippen LogP contribution is 1.99. The molecule has 1 aromatic heterocycles. The molecule has 2 rings (SSSR count). The van der Waals surface area contributed by atoms with E-state index in [1.807, 2.05) is 30.3 Å². The van der Waals surface area contributed by atoms with Gasteiger partial charge in [0.1, 0.15) is 12.4 Å². The lowest BCUT2D eigenvalue weighted by Gasteiger charge is -1.99. The first kappa shape index (κ1) is 12.6. The number of aromatic amines is 1.